The van der Waals surface area contributed by atoms with Crippen LogP contribution in [0.15, 0.2) is 60.8 Å². The topological polar surface area (TPSA) is 78.9 Å². The zero-order valence-electron chi connectivity index (χ0n) is 35.2. The van der Waals surface area contributed by atoms with Gasteiger partial charge in [0.05, 0.1) is 0 Å². The second kappa shape index (κ2) is 42.8. The Bertz CT molecular complexity index is 1010. The highest BCUT2D eigenvalue weighted by Gasteiger charge is 2.19. The first-order chi connectivity index (χ1) is 26.5. The van der Waals surface area contributed by atoms with Crippen LogP contribution in [0, 0.1) is 0 Å². The SMILES string of the molecule is CC/C=C\C/C=C\C/C=C\CCCCCCC(=O)OCC(COC(=O)CCCCCCCCCCC)OC(=O)CC/C=C\C/C=C\CCCCCCCC. The fraction of sp³-hybridized carbons (Fsp3) is 0.729. The summed E-state index contributed by atoms with van der Waals surface area (Å²) >= 11 is 0. The van der Waals surface area contributed by atoms with E-state index in [2.05, 4.69) is 75.5 Å². The van der Waals surface area contributed by atoms with E-state index in [0.29, 0.717) is 19.3 Å². The molecule has 0 heterocycles. The van der Waals surface area contributed by atoms with Gasteiger partial charge >= 0.3 is 17.9 Å². The van der Waals surface area contributed by atoms with Gasteiger partial charge in [0.2, 0.25) is 0 Å². The molecular formula is C48H82O6. The molecule has 0 aliphatic heterocycles. The van der Waals surface area contributed by atoms with Crippen LogP contribution < -0.4 is 0 Å². The molecule has 0 spiro atoms. The number of hydrogen-bond acceptors (Lipinski definition) is 6. The van der Waals surface area contributed by atoms with Crippen LogP contribution in [-0.4, -0.2) is 37.2 Å². The van der Waals surface area contributed by atoms with Gasteiger partial charge in [-0.25, -0.2) is 0 Å². The monoisotopic (exact) mass is 755 g/mol. The lowest BCUT2D eigenvalue weighted by molar-refractivity contribution is -0.166. The maximum Gasteiger partial charge on any atom is 0.306 e. The quantitative estimate of drug-likeness (QED) is 0.0269. The molecule has 0 radical (unpaired) electrons. The van der Waals surface area contributed by atoms with E-state index in [9.17, 15) is 14.4 Å². The van der Waals surface area contributed by atoms with Gasteiger partial charge in [-0.15, -0.1) is 0 Å². The number of rotatable bonds is 39. The van der Waals surface area contributed by atoms with E-state index in [-0.39, 0.29) is 37.5 Å². The van der Waals surface area contributed by atoms with Crippen molar-refractivity contribution in [3.05, 3.63) is 60.8 Å². The summed E-state index contributed by atoms with van der Waals surface area (Å²) in [4.78, 5) is 37.6. The summed E-state index contributed by atoms with van der Waals surface area (Å²) < 4.78 is 16.6. The second-order valence-corrected chi connectivity index (χ2v) is 14.6. The number of hydrogen-bond donors (Lipinski definition) is 0. The molecule has 6 heteroatoms. The molecule has 0 fully saturated rings. The van der Waals surface area contributed by atoms with E-state index in [1.54, 1.807) is 0 Å². The van der Waals surface area contributed by atoms with E-state index >= 15 is 0 Å². The van der Waals surface area contributed by atoms with E-state index in [0.717, 1.165) is 83.5 Å². The third kappa shape index (κ3) is 40.3. The first kappa shape index (κ1) is 51.1. The van der Waals surface area contributed by atoms with Gasteiger partial charge in [0.1, 0.15) is 13.2 Å². The summed E-state index contributed by atoms with van der Waals surface area (Å²) in [5, 5.41) is 0. The number of allylic oxidation sites excluding steroid dienone is 10. The van der Waals surface area contributed by atoms with E-state index in [1.165, 1.54) is 77.0 Å². The smallest absolute Gasteiger partial charge is 0.306 e. The molecule has 0 saturated carbocycles. The first-order valence-corrected chi connectivity index (χ1v) is 22.3. The van der Waals surface area contributed by atoms with Crippen molar-refractivity contribution in [2.24, 2.45) is 0 Å². The largest absolute Gasteiger partial charge is 0.462 e. The first-order valence-electron chi connectivity index (χ1n) is 22.3. The van der Waals surface area contributed by atoms with Crippen molar-refractivity contribution >= 4 is 17.9 Å². The molecular weight excluding hydrogens is 673 g/mol. The van der Waals surface area contributed by atoms with Crippen molar-refractivity contribution in [1.82, 2.24) is 0 Å². The second-order valence-electron chi connectivity index (χ2n) is 14.6. The summed E-state index contributed by atoms with van der Waals surface area (Å²) in [6, 6.07) is 0. The van der Waals surface area contributed by atoms with E-state index in [1.807, 2.05) is 6.08 Å². The Labute approximate surface area is 332 Å². The lowest BCUT2D eigenvalue weighted by Crippen LogP contribution is -2.30. The average Bonchev–Trinajstić information content (AvgIpc) is 3.17. The summed E-state index contributed by atoms with van der Waals surface area (Å²) in [7, 11) is 0. The van der Waals surface area contributed by atoms with Gasteiger partial charge in [0.25, 0.3) is 0 Å². The van der Waals surface area contributed by atoms with Crippen molar-refractivity contribution in [2.75, 3.05) is 13.2 Å². The lowest BCUT2D eigenvalue weighted by atomic mass is 10.1. The Morgan fingerprint density at radius 2 is 0.759 bits per heavy atom. The number of carbonyl (C=O) groups is 3. The van der Waals surface area contributed by atoms with Crippen molar-refractivity contribution < 1.29 is 28.6 Å². The maximum absolute atomic E-state index is 12.7. The minimum absolute atomic E-state index is 0.103. The van der Waals surface area contributed by atoms with Crippen molar-refractivity contribution in [2.45, 2.75) is 213 Å². The fourth-order valence-electron chi connectivity index (χ4n) is 5.92. The molecule has 0 rings (SSSR count). The zero-order chi connectivity index (χ0) is 39.4. The molecule has 1 atom stereocenters. The Morgan fingerprint density at radius 1 is 0.389 bits per heavy atom. The van der Waals surface area contributed by atoms with Gasteiger partial charge in [-0.1, -0.05) is 178 Å². The van der Waals surface area contributed by atoms with Gasteiger partial charge in [-0.3, -0.25) is 14.4 Å². The number of esters is 3. The molecule has 54 heavy (non-hydrogen) atoms. The fourth-order valence-corrected chi connectivity index (χ4v) is 5.92. The highest BCUT2D eigenvalue weighted by Crippen LogP contribution is 2.12. The lowest BCUT2D eigenvalue weighted by Gasteiger charge is -2.18. The molecule has 0 aromatic carbocycles. The number of ether oxygens (including phenoxy) is 3. The molecule has 0 aliphatic rings. The zero-order valence-corrected chi connectivity index (χ0v) is 35.2. The summed E-state index contributed by atoms with van der Waals surface area (Å²) in [5.41, 5.74) is 0. The van der Waals surface area contributed by atoms with Crippen LogP contribution in [-0.2, 0) is 28.6 Å². The molecule has 0 aromatic rings. The molecule has 6 nitrogen and oxygen atoms in total. The van der Waals surface area contributed by atoms with Crippen LogP contribution in [0.25, 0.3) is 0 Å². The predicted octanol–water partition coefficient (Wildman–Crippen LogP) is 14.1. The molecule has 0 aromatic heterocycles. The Balaban J connectivity index is 4.48. The molecule has 0 saturated heterocycles. The summed E-state index contributed by atoms with van der Waals surface area (Å²) in [6.45, 7) is 6.41. The van der Waals surface area contributed by atoms with Gasteiger partial charge in [0.15, 0.2) is 6.10 Å². The van der Waals surface area contributed by atoms with Gasteiger partial charge in [-0.05, 0) is 70.6 Å². The summed E-state index contributed by atoms with van der Waals surface area (Å²) in [6.07, 6.45) is 50.7. The highest BCUT2D eigenvalue weighted by atomic mass is 16.6. The third-order valence-electron chi connectivity index (χ3n) is 9.27. The predicted molar refractivity (Wildman–Crippen MR) is 228 cm³/mol. The standard InChI is InChI=1S/C48H82O6/c1-4-7-10-13-16-19-21-23-25-26-29-32-35-38-41-47(50)53-44-45(43-52-46(49)40-37-34-31-28-18-15-12-9-6-3)54-48(51)42-39-36-33-30-27-24-22-20-17-14-11-8-5-2/h7,10,16,19,23-25,27,33,36,45H,4-6,8-9,11-15,17-18,20-22,26,28-32,34-35,37-44H2,1-3H3/b10-7-,19-16-,25-23-,27-24-,36-33-. The number of carbonyl (C=O) groups excluding carboxylic acids is 3. The highest BCUT2D eigenvalue weighted by molar-refractivity contribution is 5.71. The Hall–Kier alpha value is -2.89. The molecule has 0 N–H and O–H groups in total. The molecule has 0 bridgehead atoms. The van der Waals surface area contributed by atoms with Crippen LogP contribution in [0.4, 0.5) is 0 Å². The van der Waals surface area contributed by atoms with Crippen molar-refractivity contribution in [3.63, 3.8) is 0 Å². The van der Waals surface area contributed by atoms with Crippen LogP contribution >= 0.6 is 0 Å². The van der Waals surface area contributed by atoms with Crippen LogP contribution in [0.1, 0.15) is 207 Å². The minimum Gasteiger partial charge on any atom is -0.462 e. The molecule has 1 unspecified atom stereocenters. The maximum atomic E-state index is 12.7. The Kier molecular flexibility index (Phi) is 40.6. The van der Waals surface area contributed by atoms with E-state index < -0.39 is 6.10 Å². The van der Waals surface area contributed by atoms with Crippen molar-refractivity contribution in [3.8, 4) is 0 Å². The average molecular weight is 755 g/mol. The molecule has 310 valence electrons. The normalized spacial score (nSPS) is 12.6. The van der Waals surface area contributed by atoms with Gasteiger partial charge in [0, 0.05) is 19.3 Å². The minimum atomic E-state index is -0.808. The van der Waals surface area contributed by atoms with Crippen LogP contribution in [0.2, 0.25) is 0 Å². The third-order valence-corrected chi connectivity index (χ3v) is 9.27. The van der Waals surface area contributed by atoms with E-state index in [4.69, 9.17) is 14.2 Å². The van der Waals surface area contributed by atoms with Crippen LogP contribution in [0.5, 0.6) is 0 Å². The van der Waals surface area contributed by atoms with Crippen molar-refractivity contribution in [1.29, 1.82) is 0 Å². The van der Waals surface area contributed by atoms with Gasteiger partial charge in [-0.2, -0.15) is 0 Å². The number of unbranched alkanes of at least 4 members (excludes halogenated alkanes) is 18. The molecule has 0 amide bonds. The van der Waals surface area contributed by atoms with Crippen LogP contribution in [0.3, 0.4) is 0 Å². The molecule has 0 aliphatic carbocycles. The Morgan fingerprint density at radius 3 is 1.20 bits per heavy atom. The summed E-state index contributed by atoms with van der Waals surface area (Å²) in [5.74, 6) is -1.00. The van der Waals surface area contributed by atoms with Gasteiger partial charge < -0.3 is 14.2 Å².